The molecule has 96 valence electrons. The molecule has 0 aliphatic rings. The number of hydrogen-bond donors (Lipinski definition) is 1. The minimum absolute atomic E-state index is 0.718. The SMILES string of the molecule is CCc1c(-c2ccc(OC)cc2Br)nn(C)c1N. The van der Waals surface area contributed by atoms with E-state index in [1.54, 1.807) is 11.8 Å². The van der Waals surface area contributed by atoms with Crippen molar-refractivity contribution in [1.29, 1.82) is 0 Å². The summed E-state index contributed by atoms with van der Waals surface area (Å²) in [6, 6.07) is 5.84. The highest BCUT2D eigenvalue weighted by atomic mass is 79.9. The molecule has 1 aromatic heterocycles. The Labute approximate surface area is 115 Å². The number of rotatable bonds is 3. The third-order valence-corrected chi connectivity index (χ3v) is 3.63. The fourth-order valence-electron chi connectivity index (χ4n) is 1.96. The van der Waals surface area contributed by atoms with Crippen LogP contribution in [0.4, 0.5) is 5.82 Å². The predicted octanol–water partition coefficient (Wildman–Crippen LogP) is 3.00. The van der Waals surface area contributed by atoms with Crippen molar-refractivity contribution in [3.63, 3.8) is 0 Å². The molecule has 0 aliphatic heterocycles. The van der Waals surface area contributed by atoms with Gasteiger partial charge in [-0.05, 0) is 40.5 Å². The third-order valence-electron chi connectivity index (χ3n) is 2.98. The third kappa shape index (κ3) is 2.10. The zero-order chi connectivity index (χ0) is 13.3. The predicted molar refractivity (Wildman–Crippen MR) is 76.7 cm³/mol. The fourth-order valence-corrected chi connectivity index (χ4v) is 2.51. The van der Waals surface area contributed by atoms with Gasteiger partial charge in [0.1, 0.15) is 11.6 Å². The van der Waals surface area contributed by atoms with Crippen molar-refractivity contribution in [1.82, 2.24) is 9.78 Å². The average molecular weight is 310 g/mol. The first kappa shape index (κ1) is 13.0. The number of benzene rings is 1. The Balaban J connectivity index is 2.58. The van der Waals surface area contributed by atoms with Crippen LogP contribution in [0.15, 0.2) is 22.7 Å². The lowest BCUT2D eigenvalue weighted by Gasteiger charge is -2.06. The summed E-state index contributed by atoms with van der Waals surface area (Å²) in [7, 11) is 3.51. The standard InChI is InChI=1S/C13H16BrN3O/c1-4-9-12(16-17(2)13(9)15)10-6-5-8(18-3)7-11(10)14/h5-7H,4,15H2,1-3H3. The van der Waals surface area contributed by atoms with Gasteiger partial charge in [0.25, 0.3) is 0 Å². The summed E-state index contributed by atoms with van der Waals surface area (Å²) < 4.78 is 7.86. The monoisotopic (exact) mass is 309 g/mol. The van der Waals surface area contributed by atoms with Crippen molar-refractivity contribution in [2.75, 3.05) is 12.8 Å². The zero-order valence-electron chi connectivity index (χ0n) is 10.7. The van der Waals surface area contributed by atoms with Gasteiger partial charge < -0.3 is 10.5 Å². The van der Waals surface area contributed by atoms with E-state index in [2.05, 4.69) is 28.0 Å². The summed E-state index contributed by atoms with van der Waals surface area (Å²) in [6.45, 7) is 2.08. The molecule has 0 fully saturated rings. The Morgan fingerprint density at radius 1 is 1.44 bits per heavy atom. The van der Waals surface area contributed by atoms with Crippen LogP contribution in [0.3, 0.4) is 0 Å². The van der Waals surface area contributed by atoms with Crippen molar-refractivity contribution >= 4 is 21.7 Å². The number of ether oxygens (including phenoxy) is 1. The van der Waals surface area contributed by atoms with E-state index in [0.717, 1.165) is 39.3 Å². The van der Waals surface area contributed by atoms with E-state index in [1.807, 2.05) is 25.2 Å². The lowest BCUT2D eigenvalue weighted by Crippen LogP contribution is -1.98. The first-order valence-electron chi connectivity index (χ1n) is 5.73. The second-order valence-electron chi connectivity index (χ2n) is 4.04. The van der Waals surface area contributed by atoms with Crippen LogP contribution in [0, 0.1) is 0 Å². The average Bonchev–Trinajstić information content (AvgIpc) is 2.65. The van der Waals surface area contributed by atoms with Crippen molar-refractivity contribution in [2.24, 2.45) is 7.05 Å². The maximum atomic E-state index is 6.02. The first-order valence-corrected chi connectivity index (χ1v) is 6.53. The van der Waals surface area contributed by atoms with E-state index in [1.165, 1.54) is 0 Å². The highest BCUT2D eigenvalue weighted by Crippen LogP contribution is 2.34. The molecule has 0 spiro atoms. The zero-order valence-corrected chi connectivity index (χ0v) is 12.3. The summed E-state index contributed by atoms with van der Waals surface area (Å²) in [6.07, 6.45) is 0.855. The van der Waals surface area contributed by atoms with Gasteiger partial charge in [0.05, 0.1) is 12.8 Å². The van der Waals surface area contributed by atoms with Crippen LogP contribution in [0.1, 0.15) is 12.5 Å². The van der Waals surface area contributed by atoms with E-state index >= 15 is 0 Å². The van der Waals surface area contributed by atoms with E-state index in [4.69, 9.17) is 10.5 Å². The smallest absolute Gasteiger partial charge is 0.125 e. The van der Waals surface area contributed by atoms with Crippen molar-refractivity contribution in [3.05, 3.63) is 28.2 Å². The van der Waals surface area contributed by atoms with Gasteiger partial charge in [-0.3, -0.25) is 4.68 Å². The van der Waals surface area contributed by atoms with Crippen LogP contribution in [0.5, 0.6) is 5.75 Å². The van der Waals surface area contributed by atoms with Gasteiger partial charge >= 0.3 is 0 Å². The van der Waals surface area contributed by atoms with Gasteiger partial charge in [0.15, 0.2) is 0 Å². The minimum Gasteiger partial charge on any atom is -0.497 e. The molecule has 1 aromatic carbocycles. The number of halogens is 1. The quantitative estimate of drug-likeness (QED) is 0.948. The van der Waals surface area contributed by atoms with Crippen molar-refractivity contribution in [2.45, 2.75) is 13.3 Å². The number of nitrogens with zero attached hydrogens (tertiary/aromatic N) is 2. The summed E-state index contributed by atoms with van der Waals surface area (Å²) in [5, 5.41) is 4.49. The molecule has 0 saturated heterocycles. The van der Waals surface area contributed by atoms with E-state index < -0.39 is 0 Å². The number of anilines is 1. The highest BCUT2D eigenvalue weighted by molar-refractivity contribution is 9.10. The van der Waals surface area contributed by atoms with E-state index in [0.29, 0.717) is 0 Å². The van der Waals surface area contributed by atoms with Gasteiger partial charge in [-0.2, -0.15) is 5.10 Å². The summed E-state index contributed by atoms with van der Waals surface area (Å²) in [4.78, 5) is 0. The molecule has 2 aromatic rings. The van der Waals surface area contributed by atoms with Crippen LogP contribution in [0.25, 0.3) is 11.3 Å². The molecule has 2 rings (SSSR count). The van der Waals surface area contributed by atoms with Crippen LogP contribution >= 0.6 is 15.9 Å². The van der Waals surface area contributed by atoms with Crippen molar-refractivity contribution < 1.29 is 4.74 Å². The molecule has 0 atom stereocenters. The lowest BCUT2D eigenvalue weighted by molar-refractivity contribution is 0.414. The molecule has 0 aliphatic carbocycles. The number of methoxy groups -OCH3 is 1. The Kier molecular flexibility index (Phi) is 3.61. The molecular weight excluding hydrogens is 294 g/mol. The molecule has 0 unspecified atom stereocenters. The van der Waals surface area contributed by atoms with E-state index in [9.17, 15) is 0 Å². The van der Waals surface area contributed by atoms with Gasteiger partial charge in [-0.15, -0.1) is 0 Å². The van der Waals surface area contributed by atoms with Crippen LogP contribution in [-0.4, -0.2) is 16.9 Å². The van der Waals surface area contributed by atoms with Gasteiger partial charge in [-0.1, -0.05) is 6.92 Å². The number of nitrogen functional groups attached to an aromatic ring is 1. The molecule has 18 heavy (non-hydrogen) atoms. The van der Waals surface area contributed by atoms with Crippen molar-refractivity contribution in [3.8, 4) is 17.0 Å². The van der Waals surface area contributed by atoms with Gasteiger partial charge in [0, 0.05) is 22.6 Å². The maximum Gasteiger partial charge on any atom is 0.125 e. The van der Waals surface area contributed by atoms with Gasteiger partial charge in [-0.25, -0.2) is 0 Å². The van der Waals surface area contributed by atoms with E-state index in [-0.39, 0.29) is 0 Å². The Hall–Kier alpha value is -1.49. The molecule has 0 amide bonds. The normalized spacial score (nSPS) is 10.7. The molecule has 0 radical (unpaired) electrons. The summed E-state index contributed by atoms with van der Waals surface area (Å²) in [5.41, 5.74) is 9.04. The number of aromatic nitrogens is 2. The minimum atomic E-state index is 0.718. The molecule has 0 saturated carbocycles. The van der Waals surface area contributed by atoms with Crippen LogP contribution in [-0.2, 0) is 13.5 Å². The van der Waals surface area contributed by atoms with Crippen LogP contribution < -0.4 is 10.5 Å². The number of hydrogen-bond acceptors (Lipinski definition) is 3. The summed E-state index contributed by atoms with van der Waals surface area (Å²) in [5.74, 6) is 1.53. The van der Waals surface area contributed by atoms with Gasteiger partial charge in [0.2, 0.25) is 0 Å². The maximum absolute atomic E-state index is 6.02. The topological polar surface area (TPSA) is 53.1 Å². The fraction of sp³-hybridized carbons (Fsp3) is 0.308. The molecule has 1 heterocycles. The Bertz CT molecular complexity index is 578. The Morgan fingerprint density at radius 3 is 2.72 bits per heavy atom. The second kappa shape index (κ2) is 5.02. The highest BCUT2D eigenvalue weighted by Gasteiger charge is 2.16. The first-order chi connectivity index (χ1) is 8.58. The molecular formula is C13H16BrN3O. The number of nitrogens with two attached hydrogens (primary N) is 1. The Morgan fingerprint density at radius 2 is 2.17 bits per heavy atom. The second-order valence-corrected chi connectivity index (χ2v) is 4.89. The summed E-state index contributed by atoms with van der Waals surface area (Å²) >= 11 is 3.55. The lowest BCUT2D eigenvalue weighted by atomic mass is 10.1. The van der Waals surface area contributed by atoms with Crippen LogP contribution in [0.2, 0.25) is 0 Å². The molecule has 2 N–H and O–H groups in total. The molecule has 0 bridgehead atoms. The largest absolute Gasteiger partial charge is 0.497 e. The molecule has 5 heteroatoms. The molecule has 4 nitrogen and oxygen atoms in total. The number of aryl methyl sites for hydroxylation is 1.